The Bertz CT molecular complexity index is 673. The van der Waals surface area contributed by atoms with E-state index in [9.17, 15) is 0 Å². The van der Waals surface area contributed by atoms with Gasteiger partial charge in [0, 0.05) is 5.39 Å². The zero-order valence-corrected chi connectivity index (χ0v) is 12.1. The van der Waals surface area contributed by atoms with Crippen molar-refractivity contribution in [1.29, 1.82) is 0 Å². The summed E-state index contributed by atoms with van der Waals surface area (Å²) in [5.41, 5.74) is 2.05. The average Bonchev–Trinajstić information content (AvgIpc) is 3.05. The molecule has 0 saturated carbocycles. The Morgan fingerprint density at radius 2 is 2.21 bits per heavy atom. The fourth-order valence-electron chi connectivity index (χ4n) is 2.21. The van der Waals surface area contributed by atoms with Gasteiger partial charge in [-0.15, -0.1) is 0 Å². The molecule has 19 heavy (non-hydrogen) atoms. The van der Waals surface area contributed by atoms with Crippen molar-refractivity contribution in [2.75, 3.05) is 7.05 Å². The van der Waals surface area contributed by atoms with E-state index in [2.05, 4.69) is 33.4 Å². The Balaban J connectivity index is 1.95. The molecule has 0 aliphatic rings. The molecule has 0 radical (unpaired) electrons. The molecule has 0 amide bonds. The number of halogens is 1. The minimum Gasteiger partial charge on any atom is -0.472 e. The molecule has 1 unspecified atom stereocenters. The predicted octanol–water partition coefficient (Wildman–Crippen LogP) is 4.29. The Labute approximate surface area is 119 Å². The summed E-state index contributed by atoms with van der Waals surface area (Å²) < 4.78 is 12.0. The molecule has 3 aromatic rings. The van der Waals surface area contributed by atoms with Crippen LogP contribution in [0.15, 0.2) is 56.2 Å². The molecule has 0 fully saturated rings. The van der Waals surface area contributed by atoms with E-state index in [-0.39, 0.29) is 6.04 Å². The Kier molecular flexibility index (Phi) is 3.44. The van der Waals surface area contributed by atoms with Crippen molar-refractivity contribution in [3.8, 4) is 0 Å². The quantitative estimate of drug-likeness (QED) is 0.779. The number of furan rings is 2. The van der Waals surface area contributed by atoms with Crippen molar-refractivity contribution >= 4 is 26.9 Å². The highest BCUT2D eigenvalue weighted by Gasteiger charge is 2.16. The molecule has 2 aromatic heterocycles. The van der Waals surface area contributed by atoms with Gasteiger partial charge >= 0.3 is 0 Å². The molecule has 4 heteroatoms. The first-order chi connectivity index (χ1) is 9.28. The van der Waals surface area contributed by atoms with E-state index in [4.69, 9.17) is 8.83 Å². The molecule has 0 aliphatic heterocycles. The van der Waals surface area contributed by atoms with Crippen molar-refractivity contribution < 1.29 is 8.83 Å². The topological polar surface area (TPSA) is 38.3 Å². The number of benzene rings is 1. The highest BCUT2D eigenvalue weighted by molar-refractivity contribution is 9.10. The smallest absolute Gasteiger partial charge is 0.148 e. The molecule has 3 nitrogen and oxygen atoms in total. The lowest BCUT2D eigenvalue weighted by molar-refractivity contribution is 0.448. The number of likely N-dealkylation sites (N-methyl/N-ethyl adjacent to an activating group) is 1. The van der Waals surface area contributed by atoms with E-state index in [1.54, 1.807) is 12.5 Å². The van der Waals surface area contributed by atoms with Crippen LogP contribution in [0.5, 0.6) is 0 Å². The normalized spacial score (nSPS) is 12.9. The maximum absolute atomic E-state index is 5.96. The number of nitrogens with one attached hydrogen (secondary N) is 1. The van der Waals surface area contributed by atoms with Crippen LogP contribution in [-0.2, 0) is 6.42 Å². The highest BCUT2D eigenvalue weighted by atomic mass is 79.9. The summed E-state index contributed by atoms with van der Waals surface area (Å²) in [5, 5.41) is 4.39. The first-order valence-corrected chi connectivity index (χ1v) is 6.93. The first-order valence-electron chi connectivity index (χ1n) is 6.14. The van der Waals surface area contributed by atoms with Gasteiger partial charge in [-0.25, -0.2) is 0 Å². The molecule has 1 N–H and O–H groups in total. The lowest BCUT2D eigenvalue weighted by atomic mass is 10.1. The van der Waals surface area contributed by atoms with E-state index < -0.39 is 0 Å². The number of para-hydroxylation sites is 1. The van der Waals surface area contributed by atoms with Crippen molar-refractivity contribution in [2.45, 2.75) is 12.5 Å². The van der Waals surface area contributed by atoms with Gasteiger partial charge in [-0.2, -0.15) is 0 Å². The van der Waals surface area contributed by atoms with Gasteiger partial charge in [0.2, 0.25) is 0 Å². The van der Waals surface area contributed by atoms with Gasteiger partial charge in [-0.1, -0.05) is 12.1 Å². The van der Waals surface area contributed by atoms with Gasteiger partial charge in [-0.3, -0.25) is 0 Å². The lowest BCUT2D eigenvalue weighted by Gasteiger charge is -2.11. The maximum atomic E-state index is 5.96. The van der Waals surface area contributed by atoms with Gasteiger partial charge in [0.15, 0.2) is 0 Å². The standard InChI is InChI=1S/C15H14BrNO2/c1-17-13(7-10-5-6-18-9-10)14-8-11-3-2-4-12(16)15(11)19-14/h2-6,8-9,13,17H,7H2,1H3. The largest absolute Gasteiger partial charge is 0.472 e. The summed E-state index contributed by atoms with van der Waals surface area (Å²) in [6.07, 6.45) is 4.30. The minimum atomic E-state index is 0.136. The van der Waals surface area contributed by atoms with E-state index in [1.165, 1.54) is 0 Å². The van der Waals surface area contributed by atoms with Crippen molar-refractivity contribution in [2.24, 2.45) is 0 Å². The third kappa shape index (κ3) is 2.46. The molecular formula is C15H14BrNO2. The van der Waals surface area contributed by atoms with Crippen molar-refractivity contribution in [3.05, 3.63) is 58.7 Å². The second-order valence-electron chi connectivity index (χ2n) is 4.48. The fraction of sp³-hybridized carbons (Fsp3) is 0.200. The molecule has 98 valence electrons. The predicted molar refractivity (Wildman–Crippen MR) is 78.1 cm³/mol. The average molecular weight is 320 g/mol. The number of fused-ring (bicyclic) bond motifs is 1. The molecule has 1 aromatic carbocycles. The summed E-state index contributed by atoms with van der Waals surface area (Å²) in [6.45, 7) is 0. The van der Waals surface area contributed by atoms with Gasteiger partial charge < -0.3 is 14.2 Å². The van der Waals surface area contributed by atoms with Crippen LogP contribution in [0, 0.1) is 0 Å². The molecule has 3 rings (SSSR count). The van der Waals surface area contributed by atoms with E-state index in [0.717, 1.165) is 33.2 Å². The van der Waals surface area contributed by atoms with Gasteiger partial charge in [0.25, 0.3) is 0 Å². The fourth-order valence-corrected chi connectivity index (χ4v) is 2.67. The summed E-state index contributed by atoms with van der Waals surface area (Å²) in [5.74, 6) is 0.936. The molecule has 0 spiro atoms. The second kappa shape index (κ2) is 5.23. The second-order valence-corrected chi connectivity index (χ2v) is 5.34. The van der Waals surface area contributed by atoms with E-state index in [0.29, 0.717) is 0 Å². The summed E-state index contributed by atoms with van der Waals surface area (Å²) in [7, 11) is 1.94. The van der Waals surface area contributed by atoms with Crippen LogP contribution in [0.3, 0.4) is 0 Å². The number of rotatable bonds is 4. The third-order valence-electron chi connectivity index (χ3n) is 3.23. The molecule has 1 atom stereocenters. The van der Waals surface area contributed by atoms with Crippen LogP contribution in [0.2, 0.25) is 0 Å². The third-order valence-corrected chi connectivity index (χ3v) is 3.85. The lowest BCUT2D eigenvalue weighted by Crippen LogP contribution is -2.17. The van der Waals surface area contributed by atoms with Crippen LogP contribution in [0.25, 0.3) is 11.0 Å². The zero-order chi connectivity index (χ0) is 13.2. The number of hydrogen-bond donors (Lipinski definition) is 1. The molecule has 0 bridgehead atoms. The number of hydrogen-bond acceptors (Lipinski definition) is 3. The van der Waals surface area contributed by atoms with Gasteiger partial charge in [-0.05, 0) is 53.2 Å². The first kappa shape index (κ1) is 12.5. The van der Waals surface area contributed by atoms with E-state index in [1.807, 2.05) is 25.2 Å². The zero-order valence-electron chi connectivity index (χ0n) is 10.5. The summed E-state index contributed by atoms with van der Waals surface area (Å²) in [6, 6.07) is 10.2. The molecule has 0 aliphatic carbocycles. The van der Waals surface area contributed by atoms with Crippen LogP contribution in [0.1, 0.15) is 17.4 Å². The van der Waals surface area contributed by atoms with Gasteiger partial charge in [0.1, 0.15) is 11.3 Å². The monoisotopic (exact) mass is 319 g/mol. The SMILES string of the molecule is CNC(Cc1ccoc1)c1cc2cccc(Br)c2o1. The van der Waals surface area contributed by atoms with E-state index >= 15 is 0 Å². The van der Waals surface area contributed by atoms with Crippen molar-refractivity contribution in [3.63, 3.8) is 0 Å². The maximum Gasteiger partial charge on any atom is 0.148 e. The molecular weight excluding hydrogens is 306 g/mol. The van der Waals surface area contributed by atoms with Crippen LogP contribution in [0.4, 0.5) is 0 Å². The van der Waals surface area contributed by atoms with Crippen LogP contribution in [-0.4, -0.2) is 7.05 Å². The van der Waals surface area contributed by atoms with Crippen LogP contribution < -0.4 is 5.32 Å². The van der Waals surface area contributed by atoms with Crippen LogP contribution >= 0.6 is 15.9 Å². The molecule has 2 heterocycles. The summed E-state index contributed by atoms with van der Waals surface area (Å²) in [4.78, 5) is 0. The Hall–Kier alpha value is -1.52. The molecule has 0 saturated heterocycles. The minimum absolute atomic E-state index is 0.136. The Morgan fingerprint density at radius 1 is 1.32 bits per heavy atom. The highest BCUT2D eigenvalue weighted by Crippen LogP contribution is 2.30. The Morgan fingerprint density at radius 3 is 2.89 bits per heavy atom. The van der Waals surface area contributed by atoms with Gasteiger partial charge in [0.05, 0.1) is 23.0 Å². The summed E-state index contributed by atoms with van der Waals surface area (Å²) >= 11 is 3.51. The van der Waals surface area contributed by atoms with Crippen molar-refractivity contribution in [1.82, 2.24) is 5.32 Å².